The van der Waals surface area contributed by atoms with Crippen molar-refractivity contribution in [3.8, 4) is 0 Å². The number of hydrogen-bond acceptors (Lipinski definition) is 3. The Kier molecular flexibility index (Phi) is 5.80. The summed E-state index contributed by atoms with van der Waals surface area (Å²) in [5.41, 5.74) is 0.127. The van der Waals surface area contributed by atoms with Crippen molar-refractivity contribution in [3.05, 3.63) is 28.2 Å². The van der Waals surface area contributed by atoms with Crippen LogP contribution in [0.25, 0.3) is 0 Å². The number of carboxylic acid groups (broad SMARTS) is 1. The van der Waals surface area contributed by atoms with Crippen LogP contribution in [0.5, 0.6) is 0 Å². The summed E-state index contributed by atoms with van der Waals surface area (Å²) >= 11 is 3.14. The third kappa shape index (κ3) is 4.22. The van der Waals surface area contributed by atoms with Crippen molar-refractivity contribution in [2.75, 3.05) is 19.5 Å². The first-order valence-corrected chi connectivity index (χ1v) is 7.07. The van der Waals surface area contributed by atoms with Crippen LogP contribution >= 0.6 is 15.9 Å². The Balaban J connectivity index is 2.81. The van der Waals surface area contributed by atoms with Crippen molar-refractivity contribution >= 4 is 32.7 Å². The Morgan fingerprint density at radius 3 is 2.82 bits per heavy atom. The van der Waals surface area contributed by atoms with Gasteiger partial charge in [0.05, 0.1) is 16.4 Å². The lowest BCUT2D eigenvalue weighted by Gasteiger charge is -2.05. The summed E-state index contributed by atoms with van der Waals surface area (Å²) in [6, 6.07) is 4.71. The van der Waals surface area contributed by atoms with E-state index in [1.165, 1.54) is 6.07 Å². The maximum absolute atomic E-state index is 11.9. The van der Waals surface area contributed by atoms with Crippen LogP contribution in [0.2, 0.25) is 0 Å². The molecule has 0 saturated heterocycles. The highest BCUT2D eigenvalue weighted by molar-refractivity contribution is 9.10. The van der Waals surface area contributed by atoms with E-state index in [4.69, 9.17) is 9.84 Å². The lowest BCUT2D eigenvalue weighted by molar-refractivity contribution is 0.0695. The molecule has 1 N–H and O–H groups in total. The first kappa shape index (κ1) is 14.3. The van der Waals surface area contributed by atoms with Gasteiger partial charge in [0, 0.05) is 28.8 Å². The molecule has 0 fully saturated rings. The van der Waals surface area contributed by atoms with Crippen molar-refractivity contribution in [2.45, 2.75) is 11.3 Å². The van der Waals surface area contributed by atoms with Gasteiger partial charge in [-0.05, 0) is 40.5 Å². The minimum Gasteiger partial charge on any atom is -0.478 e. The van der Waals surface area contributed by atoms with Gasteiger partial charge in [-0.25, -0.2) is 4.79 Å². The molecule has 1 aromatic carbocycles. The van der Waals surface area contributed by atoms with Crippen LogP contribution in [0, 0.1) is 0 Å². The smallest absolute Gasteiger partial charge is 0.336 e. The predicted octanol–water partition coefficient (Wildman–Crippen LogP) is 2.29. The van der Waals surface area contributed by atoms with Crippen molar-refractivity contribution in [1.82, 2.24) is 0 Å². The van der Waals surface area contributed by atoms with Gasteiger partial charge in [0.2, 0.25) is 0 Å². The summed E-state index contributed by atoms with van der Waals surface area (Å²) in [7, 11) is 0.404. The van der Waals surface area contributed by atoms with Gasteiger partial charge in [0.25, 0.3) is 0 Å². The second-order valence-electron chi connectivity index (χ2n) is 3.34. The van der Waals surface area contributed by atoms with Crippen LogP contribution in [0.4, 0.5) is 0 Å². The van der Waals surface area contributed by atoms with Crippen LogP contribution in [-0.2, 0) is 15.5 Å². The van der Waals surface area contributed by atoms with E-state index in [0.29, 0.717) is 28.1 Å². The zero-order chi connectivity index (χ0) is 12.8. The molecule has 0 aromatic heterocycles. The lowest BCUT2D eigenvalue weighted by atomic mass is 10.2. The molecular formula is C11H13BrO4S. The van der Waals surface area contributed by atoms with Gasteiger partial charge in [-0.2, -0.15) is 0 Å². The molecule has 0 spiro atoms. The number of halogens is 1. The summed E-state index contributed by atoms with van der Waals surface area (Å²) in [5, 5.41) is 8.94. The molecule has 1 unspecified atom stereocenters. The molecule has 0 radical (unpaired) electrons. The van der Waals surface area contributed by atoms with Gasteiger partial charge in [0.15, 0.2) is 0 Å². The maximum Gasteiger partial charge on any atom is 0.336 e. The highest BCUT2D eigenvalue weighted by Crippen LogP contribution is 2.20. The van der Waals surface area contributed by atoms with E-state index in [1.54, 1.807) is 19.2 Å². The maximum atomic E-state index is 11.9. The van der Waals surface area contributed by atoms with E-state index in [0.717, 1.165) is 0 Å². The molecule has 1 aromatic rings. The Labute approximate surface area is 111 Å². The molecule has 17 heavy (non-hydrogen) atoms. The number of ether oxygens (including phenoxy) is 1. The molecule has 0 amide bonds. The fourth-order valence-electron chi connectivity index (χ4n) is 1.26. The topological polar surface area (TPSA) is 63.6 Å². The first-order chi connectivity index (χ1) is 8.06. The van der Waals surface area contributed by atoms with Crippen LogP contribution < -0.4 is 0 Å². The van der Waals surface area contributed by atoms with Crippen molar-refractivity contribution < 1.29 is 18.8 Å². The molecule has 4 nitrogen and oxygen atoms in total. The summed E-state index contributed by atoms with van der Waals surface area (Å²) in [5.74, 6) is -0.568. The van der Waals surface area contributed by atoms with E-state index >= 15 is 0 Å². The van der Waals surface area contributed by atoms with Crippen LogP contribution in [0.3, 0.4) is 0 Å². The molecule has 6 heteroatoms. The molecule has 1 atom stereocenters. The van der Waals surface area contributed by atoms with E-state index in [-0.39, 0.29) is 5.56 Å². The van der Waals surface area contributed by atoms with E-state index in [2.05, 4.69) is 15.9 Å². The quantitative estimate of drug-likeness (QED) is 0.817. The number of carboxylic acids is 1. The molecular weight excluding hydrogens is 308 g/mol. The average molecular weight is 321 g/mol. The van der Waals surface area contributed by atoms with E-state index < -0.39 is 16.8 Å². The zero-order valence-corrected chi connectivity index (χ0v) is 11.7. The van der Waals surface area contributed by atoms with Crippen molar-refractivity contribution in [2.24, 2.45) is 0 Å². The summed E-state index contributed by atoms with van der Waals surface area (Å²) < 4.78 is 17.2. The van der Waals surface area contributed by atoms with Gasteiger partial charge in [0.1, 0.15) is 0 Å². The lowest BCUT2D eigenvalue weighted by Crippen LogP contribution is -2.04. The summed E-state index contributed by atoms with van der Waals surface area (Å²) in [6.07, 6.45) is 0.682. The molecule has 0 saturated carbocycles. The van der Waals surface area contributed by atoms with E-state index in [9.17, 15) is 9.00 Å². The fourth-order valence-corrected chi connectivity index (χ4v) is 2.76. The average Bonchev–Trinajstić information content (AvgIpc) is 2.29. The van der Waals surface area contributed by atoms with Gasteiger partial charge in [-0.3, -0.25) is 4.21 Å². The largest absolute Gasteiger partial charge is 0.478 e. The van der Waals surface area contributed by atoms with Gasteiger partial charge >= 0.3 is 5.97 Å². The SMILES string of the molecule is COCCCS(=O)c1ccc(Br)c(C(=O)O)c1. The van der Waals surface area contributed by atoms with Crippen molar-refractivity contribution in [3.63, 3.8) is 0 Å². The number of benzene rings is 1. The monoisotopic (exact) mass is 320 g/mol. The molecule has 94 valence electrons. The third-order valence-electron chi connectivity index (χ3n) is 2.11. The minimum atomic E-state index is -1.18. The Hall–Kier alpha value is -0.720. The molecule has 0 bridgehead atoms. The Bertz CT molecular complexity index is 433. The molecule has 1 rings (SSSR count). The summed E-state index contributed by atoms with van der Waals surface area (Å²) in [6.45, 7) is 0.550. The Morgan fingerprint density at radius 2 is 2.24 bits per heavy atom. The van der Waals surface area contributed by atoms with E-state index in [1.807, 2.05) is 0 Å². The fraction of sp³-hybridized carbons (Fsp3) is 0.364. The number of rotatable bonds is 6. The van der Waals surface area contributed by atoms with Gasteiger partial charge in [-0.15, -0.1) is 0 Å². The standard InChI is InChI=1S/C11H13BrO4S/c1-16-5-2-6-17(15)8-3-4-10(12)9(7-8)11(13)14/h3-4,7H,2,5-6H2,1H3,(H,13,14). The number of methoxy groups -OCH3 is 1. The number of carbonyl (C=O) groups is 1. The molecule has 0 aliphatic heterocycles. The highest BCUT2D eigenvalue weighted by Gasteiger charge is 2.12. The highest BCUT2D eigenvalue weighted by atomic mass is 79.9. The van der Waals surface area contributed by atoms with Crippen LogP contribution in [0.15, 0.2) is 27.6 Å². The summed E-state index contributed by atoms with van der Waals surface area (Å²) in [4.78, 5) is 11.4. The second-order valence-corrected chi connectivity index (χ2v) is 5.77. The first-order valence-electron chi connectivity index (χ1n) is 4.96. The molecule has 0 aliphatic carbocycles. The third-order valence-corrected chi connectivity index (χ3v) is 4.24. The van der Waals surface area contributed by atoms with Crippen molar-refractivity contribution in [1.29, 1.82) is 0 Å². The van der Waals surface area contributed by atoms with Gasteiger partial charge < -0.3 is 9.84 Å². The van der Waals surface area contributed by atoms with Crippen LogP contribution in [-0.4, -0.2) is 34.8 Å². The van der Waals surface area contributed by atoms with Crippen LogP contribution in [0.1, 0.15) is 16.8 Å². The minimum absolute atomic E-state index is 0.127. The predicted molar refractivity (Wildman–Crippen MR) is 68.9 cm³/mol. The van der Waals surface area contributed by atoms with Gasteiger partial charge in [-0.1, -0.05) is 0 Å². The second kappa shape index (κ2) is 6.88. The zero-order valence-electron chi connectivity index (χ0n) is 9.31. The molecule has 0 heterocycles. The number of aromatic carboxylic acids is 1. The molecule has 0 aliphatic rings. The number of hydrogen-bond donors (Lipinski definition) is 1. The Morgan fingerprint density at radius 1 is 1.53 bits per heavy atom. The normalized spacial score (nSPS) is 12.4.